The summed E-state index contributed by atoms with van der Waals surface area (Å²) in [4.78, 5) is 23.4. The Kier molecular flexibility index (Phi) is 6.88. The molecule has 1 heterocycles. The number of carbonyl (C=O) groups excluding carboxylic acids is 2. The molecule has 0 radical (unpaired) electrons. The molecule has 3 rings (SSSR count). The van der Waals surface area contributed by atoms with E-state index in [9.17, 15) is 9.59 Å². The van der Waals surface area contributed by atoms with Crippen LogP contribution in [-0.4, -0.2) is 47.8 Å². The van der Waals surface area contributed by atoms with Crippen molar-refractivity contribution in [2.24, 2.45) is 5.92 Å². The van der Waals surface area contributed by atoms with E-state index in [0.717, 1.165) is 37.9 Å². The van der Waals surface area contributed by atoms with Crippen molar-refractivity contribution >= 4 is 11.8 Å². The third-order valence-corrected chi connectivity index (χ3v) is 5.88. The van der Waals surface area contributed by atoms with Crippen molar-refractivity contribution in [2.75, 3.05) is 20.1 Å². The normalized spacial score (nSPS) is 20.1. The highest BCUT2D eigenvalue weighted by Gasteiger charge is 2.29. The lowest BCUT2D eigenvalue weighted by Gasteiger charge is -2.26. The molecule has 0 spiro atoms. The van der Waals surface area contributed by atoms with E-state index in [1.807, 2.05) is 0 Å². The maximum Gasteiger partial charge on any atom is 0.271 e. The van der Waals surface area contributed by atoms with E-state index in [1.165, 1.54) is 44.7 Å². The number of hydrogen-bond donors (Lipinski definition) is 3. The second-order valence-electron chi connectivity index (χ2n) is 7.92. The molecule has 1 aromatic rings. The second kappa shape index (κ2) is 9.35. The summed E-state index contributed by atoms with van der Waals surface area (Å²) in [5.41, 5.74) is 2.95. The zero-order valence-electron chi connectivity index (χ0n) is 16.6. The highest BCUT2D eigenvalue weighted by molar-refractivity contribution is 5.93. The van der Waals surface area contributed by atoms with Crippen LogP contribution in [0.3, 0.4) is 0 Å². The molecule has 0 bridgehead atoms. The van der Waals surface area contributed by atoms with Gasteiger partial charge in [0, 0.05) is 50.9 Å². The fraction of sp³-hybridized carbons (Fsp3) is 0.750. The van der Waals surface area contributed by atoms with Gasteiger partial charge in [-0.15, -0.1) is 0 Å². The van der Waals surface area contributed by atoms with Crippen molar-refractivity contribution in [3.8, 4) is 0 Å². The molecule has 27 heavy (non-hydrogen) atoms. The van der Waals surface area contributed by atoms with Gasteiger partial charge in [0.15, 0.2) is 5.69 Å². The predicted octanol–water partition coefficient (Wildman–Crippen LogP) is 1.41. The molecule has 2 aliphatic carbocycles. The third-order valence-electron chi connectivity index (χ3n) is 5.88. The van der Waals surface area contributed by atoms with Gasteiger partial charge in [-0.1, -0.05) is 19.3 Å². The number of fused-ring (bicyclic) bond motifs is 1. The molecular weight excluding hydrogens is 342 g/mol. The van der Waals surface area contributed by atoms with Gasteiger partial charge in [-0.2, -0.15) is 5.10 Å². The topological polar surface area (TPSA) is 88.1 Å². The third kappa shape index (κ3) is 5.09. The van der Waals surface area contributed by atoms with E-state index in [4.69, 9.17) is 5.10 Å². The molecule has 1 atom stereocenters. The van der Waals surface area contributed by atoms with E-state index in [-0.39, 0.29) is 11.8 Å². The van der Waals surface area contributed by atoms with E-state index in [2.05, 4.69) is 20.6 Å². The zero-order valence-corrected chi connectivity index (χ0v) is 16.6. The molecule has 2 amide bonds. The van der Waals surface area contributed by atoms with E-state index in [0.29, 0.717) is 24.2 Å². The summed E-state index contributed by atoms with van der Waals surface area (Å²) in [5, 5.41) is 13.8. The molecule has 7 nitrogen and oxygen atoms in total. The van der Waals surface area contributed by atoms with Crippen molar-refractivity contribution in [3.63, 3.8) is 0 Å². The Hall–Kier alpha value is -1.89. The van der Waals surface area contributed by atoms with Crippen LogP contribution >= 0.6 is 0 Å². The Morgan fingerprint density at radius 1 is 1.15 bits per heavy atom. The highest BCUT2D eigenvalue weighted by Crippen LogP contribution is 2.29. The monoisotopic (exact) mass is 375 g/mol. The van der Waals surface area contributed by atoms with Crippen molar-refractivity contribution in [1.82, 2.24) is 25.7 Å². The maximum atomic E-state index is 12.4. The van der Waals surface area contributed by atoms with Gasteiger partial charge >= 0.3 is 0 Å². The first kappa shape index (κ1) is 19.9. The fourth-order valence-corrected chi connectivity index (χ4v) is 4.44. The molecule has 0 saturated heterocycles. The number of carbonyl (C=O) groups is 2. The number of hydrogen-bond acceptors (Lipinski definition) is 4. The SMILES string of the molecule is CNC(=O)c1nn(CC2CCCCC2)c2c1CC(NCCNC(C)=O)CC2. The molecule has 2 aliphatic rings. The van der Waals surface area contributed by atoms with Crippen molar-refractivity contribution in [2.45, 2.75) is 70.9 Å². The summed E-state index contributed by atoms with van der Waals surface area (Å²) in [7, 11) is 1.67. The predicted molar refractivity (Wildman–Crippen MR) is 105 cm³/mol. The van der Waals surface area contributed by atoms with Crippen molar-refractivity contribution < 1.29 is 9.59 Å². The zero-order chi connectivity index (χ0) is 19.2. The molecule has 7 heteroatoms. The van der Waals surface area contributed by atoms with E-state index >= 15 is 0 Å². The molecule has 0 aliphatic heterocycles. The molecule has 0 aromatic carbocycles. The first-order chi connectivity index (χ1) is 13.1. The minimum Gasteiger partial charge on any atom is -0.355 e. The van der Waals surface area contributed by atoms with E-state index in [1.54, 1.807) is 7.05 Å². The van der Waals surface area contributed by atoms with Gasteiger partial charge in [0.25, 0.3) is 5.91 Å². The summed E-state index contributed by atoms with van der Waals surface area (Å²) in [6.07, 6.45) is 9.34. The van der Waals surface area contributed by atoms with Crippen LogP contribution in [0, 0.1) is 5.92 Å². The van der Waals surface area contributed by atoms with Crippen LogP contribution in [0.15, 0.2) is 0 Å². The smallest absolute Gasteiger partial charge is 0.271 e. The van der Waals surface area contributed by atoms with Gasteiger partial charge < -0.3 is 16.0 Å². The Morgan fingerprint density at radius 3 is 2.63 bits per heavy atom. The minimum atomic E-state index is -0.0902. The molecule has 150 valence electrons. The van der Waals surface area contributed by atoms with Crippen LogP contribution < -0.4 is 16.0 Å². The van der Waals surface area contributed by atoms with Crippen molar-refractivity contribution in [1.29, 1.82) is 0 Å². The summed E-state index contributed by atoms with van der Waals surface area (Å²) < 4.78 is 2.13. The first-order valence-corrected chi connectivity index (χ1v) is 10.4. The lowest BCUT2D eigenvalue weighted by molar-refractivity contribution is -0.118. The highest BCUT2D eigenvalue weighted by atomic mass is 16.2. The van der Waals surface area contributed by atoms with Crippen LogP contribution in [0.4, 0.5) is 0 Å². The molecule has 1 fully saturated rings. The number of rotatable bonds is 7. The summed E-state index contributed by atoms with van der Waals surface area (Å²) in [6, 6.07) is 0.321. The largest absolute Gasteiger partial charge is 0.355 e. The van der Waals surface area contributed by atoms with Gasteiger partial charge in [0.05, 0.1) is 0 Å². The van der Waals surface area contributed by atoms with Gasteiger partial charge in [-0.3, -0.25) is 14.3 Å². The average Bonchev–Trinajstić information content (AvgIpc) is 3.03. The molecule has 3 N–H and O–H groups in total. The second-order valence-corrected chi connectivity index (χ2v) is 7.92. The van der Waals surface area contributed by atoms with Crippen molar-refractivity contribution in [3.05, 3.63) is 17.0 Å². The fourth-order valence-electron chi connectivity index (χ4n) is 4.44. The first-order valence-electron chi connectivity index (χ1n) is 10.4. The Labute approximate surface area is 161 Å². The number of amides is 2. The van der Waals surface area contributed by atoms with Crippen LogP contribution in [0.5, 0.6) is 0 Å². The minimum absolute atomic E-state index is 0.00590. The van der Waals surface area contributed by atoms with Crippen LogP contribution in [0.25, 0.3) is 0 Å². The van der Waals surface area contributed by atoms with Crippen LogP contribution in [-0.2, 0) is 24.2 Å². The lowest BCUT2D eigenvalue weighted by Crippen LogP contribution is -2.40. The van der Waals surface area contributed by atoms with E-state index < -0.39 is 0 Å². The molecule has 1 saturated carbocycles. The maximum absolute atomic E-state index is 12.4. The average molecular weight is 376 g/mol. The summed E-state index contributed by atoms with van der Waals surface area (Å²) in [6.45, 7) is 3.84. The summed E-state index contributed by atoms with van der Waals surface area (Å²) in [5.74, 6) is 0.593. The Balaban J connectivity index is 1.69. The molecular formula is C20H33N5O2. The van der Waals surface area contributed by atoms with Crippen LogP contribution in [0.1, 0.15) is 67.2 Å². The summed E-state index contributed by atoms with van der Waals surface area (Å²) >= 11 is 0. The molecule has 1 unspecified atom stereocenters. The lowest BCUT2D eigenvalue weighted by atomic mass is 9.88. The quantitative estimate of drug-likeness (QED) is 0.629. The number of nitrogens with zero attached hydrogens (tertiary/aromatic N) is 2. The number of aromatic nitrogens is 2. The molecule has 1 aromatic heterocycles. The van der Waals surface area contributed by atoms with Gasteiger partial charge in [-0.05, 0) is 38.0 Å². The van der Waals surface area contributed by atoms with Gasteiger partial charge in [0.1, 0.15) is 0 Å². The Bertz CT molecular complexity index is 664. The van der Waals surface area contributed by atoms with Crippen LogP contribution in [0.2, 0.25) is 0 Å². The Morgan fingerprint density at radius 2 is 1.93 bits per heavy atom. The number of nitrogens with one attached hydrogen (secondary N) is 3. The van der Waals surface area contributed by atoms with Gasteiger partial charge in [-0.25, -0.2) is 0 Å². The standard InChI is InChI=1S/C20H33N5O2/c1-14(26)22-10-11-23-16-8-9-18-17(12-16)19(20(27)21-2)24-25(18)13-15-6-4-3-5-7-15/h15-16,23H,3-13H2,1-2H3,(H,21,27)(H,22,26). The van der Waals surface area contributed by atoms with Gasteiger partial charge in [0.2, 0.25) is 5.91 Å².